The van der Waals surface area contributed by atoms with Crippen LogP contribution in [0.1, 0.15) is 51.2 Å². The Labute approximate surface area is 112 Å². The van der Waals surface area contributed by atoms with Crippen LogP contribution in [0.4, 0.5) is 0 Å². The fraction of sp³-hybridized carbons (Fsp3) is 0.588. The summed E-state index contributed by atoms with van der Waals surface area (Å²) < 4.78 is 0. The largest absolute Gasteiger partial charge is 0.300 e. The highest BCUT2D eigenvalue weighted by molar-refractivity contribution is 5.78. The van der Waals surface area contributed by atoms with Crippen molar-refractivity contribution in [2.24, 2.45) is 11.8 Å². The molecule has 0 aliphatic rings. The van der Waals surface area contributed by atoms with Crippen molar-refractivity contribution in [1.29, 1.82) is 0 Å². The molecular weight excluding hydrogens is 220 g/mol. The van der Waals surface area contributed by atoms with E-state index in [9.17, 15) is 4.79 Å². The molecule has 1 heteroatoms. The number of ketones is 1. The third kappa shape index (κ3) is 6.00. The molecule has 1 atom stereocenters. The van der Waals surface area contributed by atoms with Gasteiger partial charge in [-0.15, -0.1) is 0 Å². The molecular formula is C17H26O. The quantitative estimate of drug-likeness (QED) is 0.689. The molecule has 0 heterocycles. The standard InChI is InChI=1S/C17H26O/c1-13(2)11-15(4)12-17(18)10-9-16-7-5-14(3)6-8-16/h5-8,13,15H,9-12H2,1-4H3. The van der Waals surface area contributed by atoms with E-state index in [4.69, 9.17) is 0 Å². The number of hydrogen-bond acceptors (Lipinski definition) is 1. The van der Waals surface area contributed by atoms with Gasteiger partial charge >= 0.3 is 0 Å². The predicted octanol–water partition coefficient (Wildman–Crippen LogP) is 4.57. The minimum Gasteiger partial charge on any atom is -0.300 e. The van der Waals surface area contributed by atoms with Crippen molar-refractivity contribution in [3.8, 4) is 0 Å². The Morgan fingerprint density at radius 2 is 1.72 bits per heavy atom. The maximum Gasteiger partial charge on any atom is 0.133 e. The lowest BCUT2D eigenvalue weighted by atomic mass is 9.92. The van der Waals surface area contributed by atoms with Crippen LogP contribution in [0.15, 0.2) is 24.3 Å². The van der Waals surface area contributed by atoms with Gasteiger partial charge in [-0.05, 0) is 37.2 Å². The number of carbonyl (C=O) groups excluding carboxylic acids is 1. The first-order valence-electron chi connectivity index (χ1n) is 7.04. The van der Waals surface area contributed by atoms with Crippen LogP contribution in [0.25, 0.3) is 0 Å². The molecule has 0 bridgehead atoms. The predicted molar refractivity (Wildman–Crippen MR) is 77.7 cm³/mol. The number of benzene rings is 1. The summed E-state index contributed by atoms with van der Waals surface area (Å²) in [5.41, 5.74) is 2.54. The van der Waals surface area contributed by atoms with E-state index in [2.05, 4.69) is 52.0 Å². The molecule has 100 valence electrons. The molecule has 0 N–H and O–H groups in total. The average molecular weight is 246 g/mol. The van der Waals surface area contributed by atoms with Crippen LogP contribution in [-0.4, -0.2) is 5.78 Å². The highest BCUT2D eigenvalue weighted by atomic mass is 16.1. The molecule has 0 aliphatic heterocycles. The molecule has 0 radical (unpaired) electrons. The van der Waals surface area contributed by atoms with Gasteiger partial charge in [0.2, 0.25) is 0 Å². The van der Waals surface area contributed by atoms with E-state index in [1.54, 1.807) is 0 Å². The Hall–Kier alpha value is -1.11. The zero-order valence-corrected chi connectivity index (χ0v) is 12.2. The van der Waals surface area contributed by atoms with Crippen LogP contribution in [0, 0.1) is 18.8 Å². The lowest BCUT2D eigenvalue weighted by Crippen LogP contribution is -2.08. The van der Waals surface area contributed by atoms with Gasteiger partial charge in [0.05, 0.1) is 0 Å². The summed E-state index contributed by atoms with van der Waals surface area (Å²) in [6.07, 6.45) is 3.46. The first kappa shape index (κ1) is 14.9. The monoisotopic (exact) mass is 246 g/mol. The summed E-state index contributed by atoms with van der Waals surface area (Å²) >= 11 is 0. The zero-order chi connectivity index (χ0) is 13.5. The number of carbonyl (C=O) groups is 1. The minimum absolute atomic E-state index is 0.406. The second-order valence-electron chi connectivity index (χ2n) is 5.96. The van der Waals surface area contributed by atoms with Crippen molar-refractivity contribution in [3.05, 3.63) is 35.4 Å². The van der Waals surface area contributed by atoms with Gasteiger partial charge in [-0.3, -0.25) is 4.79 Å². The van der Waals surface area contributed by atoms with Crippen LogP contribution in [0.3, 0.4) is 0 Å². The first-order chi connectivity index (χ1) is 8.47. The number of hydrogen-bond donors (Lipinski definition) is 0. The Morgan fingerprint density at radius 3 is 2.28 bits per heavy atom. The Bertz CT molecular complexity index is 362. The summed E-state index contributed by atoms with van der Waals surface area (Å²) in [5.74, 6) is 1.61. The first-order valence-corrected chi connectivity index (χ1v) is 7.04. The molecule has 0 aliphatic carbocycles. The van der Waals surface area contributed by atoms with E-state index in [0.717, 1.165) is 19.3 Å². The molecule has 1 aromatic carbocycles. The topological polar surface area (TPSA) is 17.1 Å². The summed E-state index contributed by atoms with van der Waals surface area (Å²) in [7, 11) is 0. The number of aryl methyl sites for hydroxylation is 2. The minimum atomic E-state index is 0.406. The average Bonchev–Trinajstić information content (AvgIpc) is 2.27. The van der Waals surface area contributed by atoms with Gasteiger partial charge in [-0.1, -0.05) is 50.6 Å². The summed E-state index contributed by atoms with van der Waals surface area (Å²) in [6.45, 7) is 8.70. The smallest absolute Gasteiger partial charge is 0.133 e. The molecule has 18 heavy (non-hydrogen) atoms. The van der Waals surface area contributed by atoms with E-state index in [1.165, 1.54) is 11.1 Å². The number of rotatable bonds is 7. The number of Topliss-reactive ketones (excluding diaryl/α,β-unsaturated/α-hetero) is 1. The molecule has 0 fully saturated rings. The molecule has 0 amide bonds. The van der Waals surface area contributed by atoms with Gasteiger partial charge in [0.25, 0.3) is 0 Å². The third-order valence-corrected chi connectivity index (χ3v) is 3.26. The summed E-state index contributed by atoms with van der Waals surface area (Å²) in [4.78, 5) is 11.9. The third-order valence-electron chi connectivity index (χ3n) is 3.26. The van der Waals surface area contributed by atoms with Gasteiger partial charge < -0.3 is 0 Å². The van der Waals surface area contributed by atoms with E-state index >= 15 is 0 Å². The fourth-order valence-electron chi connectivity index (χ4n) is 2.42. The maximum atomic E-state index is 11.9. The second-order valence-corrected chi connectivity index (χ2v) is 5.96. The Kier molecular flexibility index (Phi) is 6.11. The highest BCUT2D eigenvalue weighted by Gasteiger charge is 2.10. The molecule has 1 nitrogen and oxygen atoms in total. The highest BCUT2D eigenvalue weighted by Crippen LogP contribution is 2.16. The molecule has 0 spiro atoms. The Morgan fingerprint density at radius 1 is 1.11 bits per heavy atom. The lowest BCUT2D eigenvalue weighted by molar-refractivity contribution is -0.119. The van der Waals surface area contributed by atoms with Crippen LogP contribution in [0.2, 0.25) is 0 Å². The van der Waals surface area contributed by atoms with Gasteiger partial charge in [0, 0.05) is 12.8 Å². The molecule has 1 unspecified atom stereocenters. The zero-order valence-electron chi connectivity index (χ0n) is 12.2. The summed E-state index contributed by atoms with van der Waals surface area (Å²) in [5, 5.41) is 0. The molecule has 0 saturated heterocycles. The van der Waals surface area contributed by atoms with Gasteiger partial charge in [-0.25, -0.2) is 0 Å². The van der Waals surface area contributed by atoms with Crippen molar-refractivity contribution in [1.82, 2.24) is 0 Å². The van der Waals surface area contributed by atoms with Crippen molar-refractivity contribution >= 4 is 5.78 Å². The van der Waals surface area contributed by atoms with E-state index in [0.29, 0.717) is 24.0 Å². The van der Waals surface area contributed by atoms with Crippen molar-refractivity contribution in [2.45, 2.75) is 53.4 Å². The maximum absolute atomic E-state index is 11.9. The van der Waals surface area contributed by atoms with Gasteiger partial charge in [-0.2, -0.15) is 0 Å². The van der Waals surface area contributed by atoms with Gasteiger partial charge in [0.15, 0.2) is 0 Å². The molecule has 1 rings (SSSR count). The van der Waals surface area contributed by atoms with E-state index in [-0.39, 0.29) is 0 Å². The SMILES string of the molecule is Cc1ccc(CCC(=O)CC(C)CC(C)C)cc1. The van der Waals surface area contributed by atoms with Crippen molar-refractivity contribution < 1.29 is 4.79 Å². The summed E-state index contributed by atoms with van der Waals surface area (Å²) in [6, 6.07) is 8.47. The van der Waals surface area contributed by atoms with Crippen molar-refractivity contribution in [3.63, 3.8) is 0 Å². The van der Waals surface area contributed by atoms with Crippen LogP contribution < -0.4 is 0 Å². The van der Waals surface area contributed by atoms with Crippen molar-refractivity contribution in [2.75, 3.05) is 0 Å². The molecule has 1 aromatic rings. The second kappa shape index (κ2) is 7.35. The normalized spacial score (nSPS) is 12.7. The van der Waals surface area contributed by atoms with Gasteiger partial charge in [0.1, 0.15) is 5.78 Å². The Balaban J connectivity index is 2.30. The van der Waals surface area contributed by atoms with E-state index in [1.807, 2.05) is 0 Å². The van der Waals surface area contributed by atoms with E-state index < -0.39 is 0 Å². The molecule has 0 saturated carbocycles. The van der Waals surface area contributed by atoms with Crippen LogP contribution >= 0.6 is 0 Å². The van der Waals surface area contributed by atoms with Crippen LogP contribution in [0.5, 0.6) is 0 Å². The lowest BCUT2D eigenvalue weighted by Gasteiger charge is -2.12. The molecule has 0 aromatic heterocycles. The van der Waals surface area contributed by atoms with Crippen LogP contribution in [-0.2, 0) is 11.2 Å². The fourth-order valence-corrected chi connectivity index (χ4v) is 2.42.